The maximum atomic E-state index is 5.49. The summed E-state index contributed by atoms with van der Waals surface area (Å²) in [4.78, 5) is 2.61. The minimum Gasteiger partial charge on any atom is -0.382 e. The zero-order valence-corrected chi connectivity index (χ0v) is 13.0. The Balaban J connectivity index is 2.04. The van der Waals surface area contributed by atoms with Gasteiger partial charge in [-0.25, -0.2) is 0 Å². The molecule has 0 spiro atoms. The van der Waals surface area contributed by atoms with E-state index in [2.05, 4.69) is 24.1 Å². The molecule has 0 aliphatic carbocycles. The zero-order chi connectivity index (χ0) is 13.9. The van der Waals surface area contributed by atoms with Crippen LogP contribution < -0.4 is 5.32 Å². The van der Waals surface area contributed by atoms with Crippen LogP contribution in [0.4, 0.5) is 0 Å². The summed E-state index contributed by atoms with van der Waals surface area (Å²) in [5.74, 6) is 0. The molecular weight excluding hydrogens is 240 g/mol. The number of hydrogen-bond donors (Lipinski definition) is 1. The van der Waals surface area contributed by atoms with E-state index in [4.69, 9.17) is 9.47 Å². The first-order valence-electron chi connectivity index (χ1n) is 7.77. The number of nitrogens with one attached hydrogen (secondary N) is 1. The minimum atomic E-state index is 0.648. The molecule has 0 saturated carbocycles. The molecule has 1 heterocycles. The number of nitrogens with zero attached hydrogens (tertiary/aromatic N) is 1. The van der Waals surface area contributed by atoms with Crippen molar-refractivity contribution in [2.24, 2.45) is 0 Å². The Hall–Kier alpha value is -0.160. The third kappa shape index (κ3) is 8.58. The molecule has 0 radical (unpaired) electrons. The van der Waals surface area contributed by atoms with Crippen LogP contribution in [-0.2, 0) is 9.47 Å². The van der Waals surface area contributed by atoms with Crippen molar-refractivity contribution in [2.75, 3.05) is 46.6 Å². The van der Waals surface area contributed by atoms with Crippen LogP contribution in [0.1, 0.15) is 39.5 Å². The molecule has 0 aromatic carbocycles. The van der Waals surface area contributed by atoms with Crippen LogP contribution in [0.25, 0.3) is 0 Å². The van der Waals surface area contributed by atoms with Crippen molar-refractivity contribution in [1.29, 1.82) is 0 Å². The lowest BCUT2D eigenvalue weighted by atomic mass is 10.1. The second-order valence-electron chi connectivity index (χ2n) is 5.70. The van der Waals surface area contributed by atoms with Crippen LogP contribution in [0.5, 0.6) is 0 Å². The van der Waals surface area contributed by atoms with Gasteiger partial charge in [-0.1, -0.05) is 0 Å². The topological polar surface area (TPSA) is 33.7 Å². The summed E-state index contributed by atoms with van der Waals surface area (Å²) in [6, 6.07) is 1.30. The van der Waals surface area contributed by atoms with Gasteiger partial charge in [0.25, 0.3) is 0 Å². The van der Waals surface area contributed by atoms with Gasteiger partial charge >= 0.3 is 0 Å². The third-order valence-electron chi connectivity index (χ3n) is 3.77. The Morgan fingerprint density at radius 3 is 2.32 bits per heavy atom. The van der Waals surface area contributed by atoms with Gasteiger partial charge in [-0.05, 0) is 59.2 Å². The first kappa shape index (κ1) is 16.9. The fraction of sp³-hybridized carbons (Fsp3) is 1.00. The molecule has 1 fully saturated rings. The Kier molecular flexibility index (Phi) is 9.43. The van der Waals surface area contributed by atoms with Gasteiger partial charge in [-0.15, -0.1) is 0 Å². The summed E-state index contributed by atoms with van der Waals surface area (Å²) in [6.07, 6.45) is 4.91. The molecule has 1 aliphatic heterocycles. The maximum Gasteiger partial charge on any atom is 0.0700 e. The zero-order valence-electron chi connectivity index (χ0n) is 13.0. The van der Waals surface area contributed by atoms with Gasteiger partial charge in [0, 0.05) is 25.8 Å². The molecule has 0 aromatic heterocycles. The molecular formula is C15H32N2O2. The van der Waals surface area contributed by atoms with Crippen molar-refractivity contribution < 1.29 is 9.47 Å². The lowest BCUT2D eigenvalue weighted by Crippen LogP contribution is -2.43. The SMILES string of the molecule is COCCOCCCCN1CCC(C)NC(C)CC1. The van der Waals surface area contributed by atoms with Gasteiger partial charge in [0.05, 0.1) is 13.2 Å². The molecule has 4 heteroatoms. The van der Waals surface area contributed by atoms with Crippen LogP contribution >= 0.6 is 0 Å². The molecule has 19 heavy (non-hydrogen) atoms. The Morgan fingerprint density at radius 2 is 1.68 bits per heavy atom. The highest BCUT2D eigenvalue weighted by atomic mass is 16.5. The van der Waals surface area contributed by atoms with Crippen LogP contribution in [0.15, 0.2) is 0 Å². The van der Waals surface area contributed by atoms with Gasteiger partial charge in [0.1, 0.15) is 0 Å². The standard InChI is InChI=1S/C15H32N2O2/c1-14-6-9-17(10-7-15(2)16-14)8-4-5-11-19-13-12-18-3/h14-16H,4-13H2,1-3H3. The fourth-order valence-electron chi connectivity index (χ4n) is 2.52. The summed E-state index contributed by atoms with van der Waals surface area (Å²) in [5.41, 5.74) is 0. The second kappa shape index (κ2) is 10.6. The fourth-order valence-corrected chi connectivity index (χ4v) is 2.52. The summed E-state index contributed by atoms with van der Waals surface area (Å²) in [7, 11) is 1.71. The average Bonchev–Trinajstić information content (AvgIpc) is 2.38. The predicted molar refractivity (Wildman–Crippen MR) is 79.7 cm³/mol. The van der Waals surface area contributed by atoms with Crippen molar-refractivity contribution in [3.05, 3.63) is 0 Å². The number of methoxy groups -OCH3 is 1. The number of hydrogen-bond acceptors (Lipinski definition) is 4. The van der Waals surface area contributed by atoms with E-state index < -0.39 is 0 Å². The van der Waals surface area contributed by atoms with Crippen LogP contribution in [0, 0.1) is 0 Å². The highest BCUT2D eigenvalue weighted by molar-refractivity contribution is 4.74. The van der Waals surface area contributed by atoms with Crippen LogP contribution in [0.3, 0.4) is 0 Å². The monoisotopic (exact) mass is 272 g/mol. The first-order chi connectivity index (χ1) is 9.22. The lowest BCUT2D eigenvalue weighted by molar-refractivity contribution is 0.0674. The summed E-state index contributed by atoms with van der Waals surface area (Å²) >= 11 is 0. The molecule has 0 bridgehead atoms. The smallest absolute Gasteiger partial charge is 0.0700 e. The highest BCUT2D eigenvalue weighted by Crippen LogP contribution is 2.07. The highest BCUT2D eigenvalue weighted by Gasteiger charge is 2.15. The van der Waals surface area contributed by atoms with Gasteiger partial charge in [-0.2, -0.15) is 0 Å². The molecule has 1 saturated heterocycles. The number of rotatable bonds is 8. The Morgan fingerprint density at radius 1 is 1.00 bits per heavy atom. The minimum absolute atomic E-state index is 0.648. The molecule has 4 nitrogen and oxygen atoms in total. The van der Waals surface area contributed by atoms with Gasteiger partial charge < -0.3 is 19.7 Å². The van der Waals surface area contributed by atoms with Crippen molar-refractivity contribution in [3.63, 3.8) is 0 Å². The molecule has 1 N–H and O–H groups in total. The summed E-state index contributed by atoms with van der Waals surface area (Å²) < 4.78 is 10.4. The third-order valence-corrected chi connectivity index (χ3v) is 3.77. The Labute approximate surface area is 118 Å². The molecule has 0 aromatic rings. The number of ether oxygens (including phenoxy) is 2. The quantitative estimate of drug-likeness (QED) is 0.684. The largest absolute Gasteiger partial charge is 0.382 e. The van der Waals surface area contributed by atoms with Crippen molar-refractivity contribution in [1.82, 2.24) is 10.2 Å². The van der Waals surface area contributed by atoms with Crippen molar-refractivity contribution in [3.8, 4) is 0 Å². The van der Waals surface area contributed by atoms with Crippen molar-refractivity contribution >= 4 is 0 Å². The van der Waals surface area contributed by atoms with Crippen molar-refractivity contribution in [2.45, 2.75) is 51.6 Å². The molecule has 1 rings (SSSR count). The van der Waals surface area contributed by atoms with Gasteiger partial charge in [-0.3, -0.25) is 0 Å². The molecule has 2 atom stereocenters. The average molecular weight is 272 g/mol. The normalized spacial score (nSPS) is 26.1. The first-order valence-corrected chi connectivity index (χ1v) is 7.77. The van der Waals surface area contributed by atoms with E-state index >= 15 is 0 Å². The second-order valence-corrected chi connectivity index (χ2v) is 5.70. The van der Waals surface area contributed by atoms with E-state index in [1.807, 2.05) is 0 Å². The maximum absolute atomic E-state index is 5.49. The van der Waals surface area contributed by atoms with Crippen LogP contribution in [0.2, 0.25) is 0 Å². The summed E-state index contributed by atoms with van der Waals surface area (Å²) in [6.45, 7) is 10.6. The van der Waals surface area contributed by atoms with E-state index in [0.29, 0.717) is 18.7 Å². The lowest BCUT2D eigenvalue weighted by Gasteiger charge is -2.30. The molecule has 1 aliphatic rings. The molecule has 114 valence electrons. The van der Waals surface area contributed by atoms with E-state index in [-0.39, 0.29) is 0 Å². The van der Waals surface area contributed by atoms with E-state index in [1.165, 1.54) is 38.9 Å². The van der Waals surface area contributed by atoms with E-state index in [9.17, 15) is 0 Å². The van der Waals surface area contributed by atoms with E-state index in [1.54, 1.807) is 7.11 Å². The van der Waals surface area contributed by atoms with Gasteiger partial charge in [0.15, 0.2) is 0 Å². The molecule has 2 unspecified atom stereocenters. The Bertz CT molecular complexity index is 202. The van der Waals surface area contributed by atoms with Crippen LogP contribution in [-0.4, -0.2) is 63.5 Å². The predicted octanol–water partition coefficient (Wildman–Crippen LogP) is 1.89. The summed E-state index contributed by atoms with van der Waals surface area (Å²) in [5, 5.41) is 3.64. The van der Waals surface area contributed by atoms with Gasteiger partial charge in [0.2, 0.25) is 0 Å². The molecule has 0 amide bonds. The van der Waals surface area contributed by atoms with E-state index in [0.717, 1.165) is 19.6 Å². The number of unbranched alkanes of at least 4 members (excludes halogenated alkanes) is 1.